The Balaban J connectivity index is 1.27. The van der Waals surface area contributed by atoms with E-state index in [9.17, 15) is 14.4 Å². The summed E-state index contributed by atoms with van der Waals surface area (Å²) >= 11 is 0. The molecular formula is C21H26N4O4. The number of carbonyl (C=O) groups is 3. The second-order valence-corrected chi connectivity index (χ2v) is 8.51. The number of nitrogens with one attached hydrogen (secondary N) is 3. The summed E-state index contributed by atoms with van der Waals surface area (Å²) in [6, 6.07) is 5.85. The van der Waals surface area contributed by atoms with E-state index in [4.69, 9.17) is 4.74 Å². The van der Waals surface area contributed by atoms with Gasteiger partial charge in [-0.3, -0.25) is 19.7 Å². The van der Waals surface area contributed by atoms with Crippen LogP contribution in [-0.2, 0) is 27.4 Å². The molecule has 4 aliphatic heterocycles. The molecule has 0 aliphatic carbocycles. The second-order valence-electron chi connectivity index (χ2n) is 8.51. The highest BCUT2D eigenvalue weighted by molar-refractivity contribution is 6.05. The molecule has 3 amide bonds. The molecule has 3 saturated heterocycles. The Kier molecular flexibility index (Phi) is 4.85. The summed E-state index contributed by atoms with van der Waals surface area (Å²) in [7, 11) is 0. The fourth-order valence-electron chi connectivity index (χ4n) is 5.07. The molecule has 3 atom stereocenters. The average molecular weight is 398 g/mol. The molecule has 3 N–H and O–H groups in total. The van der Waals surface area contributed by atoms with Crippen LogP contribution in [0.25, 0.3) is 0 Å². The van der Waals surface area contributed by atoms with Crippen molar-refractivity contribution in [1.29, 1.82) is 0 Å². The maximum Gasteiger partial charge on any atom is 0.255 e. The number of fused-ring (bicyclic) bond motifs is 3. The molecule has 29 heavy (non-hydrogen) atoms. The lowest BCUT2D eigenvalue weighted by molar-refractivity contribution is -0.136. The number of rotatable bonds is 4. The molecule has 4 heterocycles. The number of benzene rings is 1. The highest BCUT2D eigenvalue weighted by Crippen LogP contribution is 2.29. The fraction of sp³-hybridized carbons (Fsp3) is 0.571. The van der Waals surface area contributed by atoms with Gasteiger partial charge in [0.15, 0.2) is 0 Å². The summed E-state index contributed by atoms with van der Waals surface area (Å²) in [4.78, 5) is 38.1. The third kappa shape index (κ3) is 3.45. The standard InChI is InChI=1S/C21H26N4O4/c26-18-4-3-17(20(27)24-18)25-9-13-2-1-12(5-16(13)21(25)28)6-23-19-14-7-22-8-15(19)11-29-10-14/h1-2,5,14-15,17,19,22-23H,3-4,6-11H2,(H,24,26,27). The van der Waals surface area contributed by atoms with Gasteiger partial charge in [0, 0.05) is 56.0 Å². The molecule has 8 nitrogen and oxygen atoms in total. The maximum absolute atomic E-state index is 13.0. The highest BCUT2D eigenvalue weighted by Gasteiger charge is 2.39. The summed E-state index contributed by atoms with van der Waals surface area (Å²) in [5.74, 6) is 0.187. The van der Waals surface area contributed by atoms with Crippen LogP contribution in [0, 0.1) is 11.8 Å². The van der Waals surface area contributed by atoms with Crippen LogP contribution in [0.15, 0.2) is 18.2 Å². The SMILES string of the molecule is O=C1CCC(N2Cc3ccc(CNC4C5CNCC4COC5)cc3C2=O)C(=O)N1. The highest BCUT2D eigenvalue weighted by atomic mass is 16.5. The Morgan fingerprint density at radius 3 is 2.69 bits per heavy atom. The van der Waals surface area contributed by atoms with Crippen LogP contribution in [0.5, 0.6) is 0 Å². The van der Waals surface area contributed by atoms with E-state index in [1.807, 2.05) is 12.1 Å². The molecule has 8 heteroatoms. The monoisotopic (exact) mass is 398 g/mol. The lowest BCUT2D eigenvalue weighted by atomic mass is 9.83. The van der Waals surface area contributed by atoms with Crippen LogP contribution >= 0.6 is 0 Å². The van der Waals surface area contributed by atoms with Gasteiger partial charge in [-0.1, -0.05) is 12.1 Å². The molecule has 0 saturated carbocycles. The molecule has 154 valence electrons. The summed E-state index contributed by atoms with van der Waals surface area (Å²) in [6.45, 7) is 4.63. The van der Waals surface area contributed by atoms with Crippen molar-refractivity contribution in [3.63, 3.8) is 0 Å². The van der Waals surface area contributed by atoms with E-state index >= 15 is 0 Å². The Morgan fingerprint density at radius 2 is 1.93 bits per heavy atom. The summed E-state index contributed by atoms with van der Waals surface area (Å²) in [5, 5.41) is 9.50. The van der Waals surface area contributed by atoms with Gasteiger partial charge in [-0.15, -0.1) is 0 Å². The van der Waals surface area contributed by atoms with E-state index in [1.165, 1.54) is 0 Å². The molecule has 1 aromatic rings. The Hall–Kier alpha value is -2.29. The van der Waals surface area contributed by atoms with Crippen molar-refractivity contribution >= 4 is 17.7 Å². The van der Waals surface area contributed by atoms with Crippen molar-refractivity contribution in [1.82, 2.24) is 20.9 Å². The van der Waals surface area contributed by atoms with E-state index in [-0.39, 0.29) is 24.1 Å². The largest absolute Gasteiger partial charge is 0.381 e. The van der Waals surface area contributed by atoms with Crippen molar-refractivity contribution in [2.45, 2.75) is 38.0 Å². The summed E-state index contributed by atoms with van der Waals surface area (Å²) < 4.78 is 5.69. The van der Waals surface area contributed by atoms with E-state index < -0.39 is 6.04 Å². The first-order valence-corrected chi connectivity index (χ1v) is 10.4. The van der Waals surface area contributed by atoms with Gasteiger partial charge in [-0.05, 0) is 23.6 Å². The zero-order valence-electron chi connectivity index (χ0n) is 16.3. The Bertz CT molecular complexity index is 835. The third-order valence-corrected chi connectivity index (χ3v) is 6.63. The van der Waals surface area contributed by atoms with Crippen LogP contribution in [0.4, 0.5) is 0 Å². The van der Waals surface area contributed by atoms with Gasteiger partial charge in [0.1, 0.15) is 6.04 Å². The fourth-order valence-corrected chi connectivity index (χ4v) is 5.07. The topological polar surface area (TPSA) is 99.8 Å². The zero-order chi connectivity index (χ0) is 20.0. The lowest BCUT2D eigenvalue weighted by Crippen LogP contribution is -2.59. The van der Waals surface area contributed by atoms with Crippen molar-refractivity contribution < 1.29 is 19.1 Å². The lowest BCUT2D eigenvalue weighted by Gasteiger charge is -2.43. The molecule has 0 aromatic heterocycles. The van der Waals surface area contributed by atoms with Gasteiger partial charge in [0.2, 0.25) is 11.8 Å². The zero-order valence-corrected chi connectivity index (χ0v) is 16.3. The summed E-state index contributed by atoms with van der Waals surface area (Å²) in [5.41, 5.74) is 2.68. The van der Waals surface area contributed by atoms with Crippen molar-refractivity contribution in [2.75, 3.05) is 26.3 Å². The number of hydrogen-bond donors (Lipinski definition) is 3. The quantitative estimate of drug-likeness (QED) is 0.606. The number of carbonyl (C=O) groups excluding carboxylic acids is 3. The van der Waals surface area contributed by atoms with Crippen molar-refractivity contribution in [2.24, 2.45) is 11.8 Å². The van der Waals surface area contributed by atoms with Gasteiger partial charge < -0.3 is 20.3 Å². The number of hydrogen-bond acceptors (Lipinski definition) is 6. The smallest absolute Gasteiger partial charge is 0.255 e. The van der Waals surface area contributed by atoms with Crippen molar-refractivity contribution in [3.8, 4) is 0 Å². The van der Waals surface area contributed by atoms with Gasteiger partial charge in [-0.25, -0.2) is 0 Å². The van der Waals surface area contributed by atoms with Crippen LogP contribution in [-0.4, -0.2) is 61.0 Å². The first kappa shape index (κ1) is 18.7. The van der Waals surface area contributed by atoms with E-state index in [1.54, 1.807) is 4.90 Å². The molecule has 0 radical (unpaired) electrons. The predicted octanol–water partition coefficient (Wildman–Crippen LogP) is -0.228. The predicted molar refractivity (Wildman–Crippen MR) is 104 cm³/mol. The normalized spacial score (nSPS) is 31.6. The average Bonchev–Trinajstić information content (AvgIpc) is 3.02. The Labute approximate surface area is 169 Å². The summed E-state index contributed by atoms with van der Waals surface area (Å²) in [6.07, 6.45) is 0.660. The minimum Gasteiger partial charge on any atom is -0.381 e. The van der Waals surface area contributed by atoms with E-state index in [0.717, 1.165) is 37.4 Å². The van der Waals surface area contributed by atoms with Crippen LogP contribution in [0.2, 0.25) is 0 Å². The van der Waals surface area contributed by atoms with Crippen molar-refractivity contribution in [3.05, 3.63) is 34.9 Å². The molecule has 4 aliphatic rings. The van der Waals surface area contributed by atoms with Crippen LogP contribution in [0.3, 0.4) is 0 Å². The molecule has 1 aromatic carbocycles. The molecule has 5 rings (SSSR count). The number of nitrogens with zero attached hydrogens (tertiary/aromatic N) is 1. The maximum atomic E-state index is 13.0. The number of amides is 3. The molecule has 0 spiro atoms. The van der Waals surface area contributed by atoms with Gasteiger partial charge in [0.25, 0.3) is 5.91 Å². The Morgan fingerprint density at radius 1 is 1.14 bits per heavy atom. The molecule has 3 unspecified atom stereocenters. The van der Waals surface area contributed by atoms with Crippen LogP contribution in [0.1, 0.15) is 34.3 Å². The van der Waals surface area contributed by atoms with Crippen LogP contribution < -0.4 is 16.0 Å². The first-order chi connectivity index (χ1) is 14.1. The number of imide groups is 1. The molecule has 3 fully saturated rings. The number of ether oxygens (including phenoxy) is 1. The van der Waals surface area contributed by atoms with E-state index in [2.05, 4.69) is 22.0 Å². The minimum absolute atomic E-state index is 0.122. The minimum atomic E-state index is -0.566. The van der Waals surface area contributed by atoms with E-state index in [0.29, 0.717) is 43.0 Å². The molecule has 2 bridgehead atoms. The first-order valence-electron chi connectivity index (χ1n) is 10.4. The van der Waals surface area contributed by atoms with Gasteiger partial charge in [-0.2, -0.15) is 0 Å². The molecular weight excluding hydrogens is 372 g/mol. The second kappa shape index (κ2) is 7.51. The number of piperidine rings is 2. The third-order valence-electron chi connectivity index (χ3n) is 6.63. The van der Waals surface area contributed by atoms with Gasteiger partial charge in [0.05, 0.1) is 13.2 Å². The van der Waals surface area contributed by atoms with Gasteiger partial charge >= 0.3 is 0 Å².